The third-order valence-electron chi connectivity index (χ3n) is 2.33. The van der Waals surface area contributed by atoms with Crippen molar-refractivity contribution in [1.29, 1.82) is 0 Å². The van der Waals surface area contributed by atoms with Crippen molar-refractivity contribution in [2.45, 2.75) is 6.92 Å². The molecule has 0 saturated carbocycles. The third kappa shape index (κ3) is 2.28. The second-order valence-corrected chi connectivity index (χ2v) is 3.89. The Labute approximate surface area is 98.6 Å². The van der Waals surface area contributed by atoms with Gasteiger partial charge >= 0.3 is 0 Å². The van der Waals surface area contributed by atoms with Gasteiger partial charge in [-0.15, -0.1) is 0 Å². The van der Waals surface area contributed by atoms with Gasteiger partial charge in [0.05, 0.1) is 11.2 Å². The highest BCUT2D eigenvalue weighted by Crippen LogP contribution is 2.17. The molecule has 0 aliphatic heterocycles. The summed E-state index contributed by atoms with van der Waals surface area (Å²) >= 11 is 5.30. The molecule has 2 rings (SSSR count). The zero-order chi connectivity index (χ0) is 11.5. The van der Waals surface area contributed by atoms with Crippen LogP contribution in [0.15, 0.2) is 42.5 Å². The SMILES string of the molecule is C/C(=C/C(=O)Cl)c1ccc2ccccc2n1. The Morgan fingerprint density at radius 2 is 2.00 bits per heavy atom. The highest BCUT2D eigenvalue weighted by atomic mass is 35.5. The Kier molecular flexibility index (Phi) is 3.02. The summed E-state index contributed by atoms with van der Waals surface area (Å²) in [6, 6.07) is 11.7. The molecule has 0 saturated heterocycles. The van der Waals surface area contributed by atoms with Crippen LogP contribution in [0.5, 0.6) is 0 Å². The van der Waals surface area contributed by atoms with Crippen LogP contribution in [0, 0.1) is 0 Å². The van der Waals surface area contributed by atoms with Crippen molar-refractivity contribution in [2.75, 3.05) is 0 Å². The van der Waals surface area contributed by atoms with Crippen LogP contribution in [0.1, 0.15) is 12.6 Å². The number of allylic oxidation sites excluding steroid dienone is 2. The first-order chi connectivity index (χ1) is 7.66. The molecule has 0 bridgehead atoms. The number of benzene rings is 1. The molecule has 3 heteroatoms. The van der Waals surface area contributed by atoms with Crippen LogP contribution >= 0.6 is 11.6 Å². The minimum Gasteiger partial charge on any atom is -0.276 e. The van der Waals surface area contributed by atoms with Crippen LogP contribution in [0.25, 0.3) is 16.5 Å². The highest BCUT2D eigenvalue weighted by molar-refractivity contribution is 6.66. The lowest BCUT2D eigenvalue weighted by atomic mass is 10.1. The fraction of sp³-hybridized carbons (Fsp3) is 0.0769. The number of para-hydroxylation sites is 1. The van der Waals surface area contributed by atoms with E-state index in [9.17, 15) is 4.79 Å². The third-order valence-corrected chi connectivity index (χ3v) is 2.44. The molecule has 0 amide bonds. The molecule has 1 aromatic carbocycles. The fourth-order valence-electron chi connectivity index (χ4n) is 1.53. The molecule has 0 radical (unpaired) electrons. The Hall–Kier alpha value is -1.67. The summed E-state index contributed by atoms with van der Waals surface area (Å²) in [4.78, 5) is 15.2. The molecular weight excluding hydrogens is 222 g/mol. The summed E-state index contributed by atoms with van der Waals surface area (Å²) in [5, 5.41) is 0.601. The van der Waals surface area contributed by atoms with E-state index in [4.69, 9.17) is 11.6 Å². The molecule has 80 valence electrons. The lowest BCUT2D eigenvalue weighted by molar-refractivity contribution is -0.107. The first-order valence-corrected chi connectivity index (χ1v) is 5.28. The van der Waals surface area contributed by atoms with Crippen molar-refractivity contribution in [1.82, 2.24) is 4.98 Å². The van der Waals surface area contributed by atoms with E-state index in [2.05, 4.69) is 4.98 Å². The Morgan fingerprint density at radius 3 is 2.75 bits per heavy atom. The normalized spacial score (nSPS) is 11.8. The van der Waals surface area contributed by atoms with E-state index in [1.165, 1.54) is 6.08 Å². The van der Waals surface area contributed by atoms with E-state index in [0.717, 1.165) is 22.2 Å². The molecule has 1 heterocycles. The number of carbonyl (C=O) groups excluding carboxylic acids is 1. The molecule has 0 aliphatic carbocycles. The van der Waals surface area contributed by atoms with E-state index >= 15 is 0 Å². The van der Waals surface area contributed by atoms with Gasteiger partial charge in [-0.05, 0) is 36.2 Å². The van der Waals surface area contributed by atoms with Crippen molar-refractivity contribution in [3.8, 4) is 0 Å². The molecule has 0 atom stereocenters. The first-order valence-electron chi connectivity index (χ1n) is 4.91. The first kappa shape index (κ1) is 10.8. The minimum atomic E-state index is -0.479. The van der Waals surface area contributed by atoms with Crippen LogP contribution in [0.4, 0.5) is 0 Å². The number of pyridine rings is 1. The molecule has 0 N–H and O–H groups in total. The van der Waals surface area contributed by atoms with Gasteiger partial charge < -0.3 is 0 Å². The van der Waals surface area contributed by atoms with Crippen LogP contribution in [-0.2, 0) is 4.79 Å². The van der Waals surface area contributed by atoms with Gasteiger partial charge in [0.25, 0.3) is 0 Å². The number of halogens is 1. The second kappa shape index (κ2) is 4.45. The van der Waals surface area contributed by atoms with Crippen LogP contribution < -0.4 is 0 Å². The minimum absolute atomic E-state index is 0.479. The van der Waals surface area contributed by atoms with Gasteiger partial charge in [-0.25, -0.2) is 4.98 Å². The fourth-order valence-corrected chi connectivity index (χ4v) is 1.69. The molecule has 2 nitrogen and oxygen atoms in total. The predicted molar refractivity (Wildman–Crippen MR) is 66.3 cm³/mol. The van der Waals surface area contributed by atoms with Crippen molar-refractivity contribution >= 4 is 33.3 Å². The quantitative estimate of drug-likeness (QED) is 0.586. The van der Waals surface area contributed by atoms with Crippen LogP contribution in [0.3, 0.4) is 0 Å². The number of nitrogens with zero attached hydrogens (tertiary/aromatic N) is 1. The van der Waals surface area contributed by atoms with Gasteiger partial charge in [-0.3, -0.25) is 4.79 Å². The van der Waals surface area contributed by atoms with Gasteiger partial charge in [0.1, 0.15) is 0 Å². The predicted octanol–water partition coefficient (Wildman–Crippen LogP) is 3.40. The summed E-state index contributed by atoms with van der Waals surface area (Å²) in [5.74, 6) is 0. The second-order valence-electron chi connectivity index (χ2n) is 3.52. The van der Waals surface area contributed by atoms with Crippen molar-refractivity contribution in [2.24, 2.45) is 0 Å². The van der Waals surface area contributed by atoms with Crippen molar-refractivity contribution < 1.29 is 4.79 Å². The zero-order valence-corrected chi connectivity index (χ0v) is 9.53. The Bertz CT molecular complexity index is 575. The molecule has 1 aromatic heterocycles. The van der Waals surface area contributed by atoms with E-state index in [1.807, 2.05) is 43.3 Å². The van der Waals surface area contributed by atoms with Crippen molar-refractivity contribution in [3.05, 3.63) is 48.2 Å². The lowest BCUT2D eigenvalue weighted by Crippen LogP contribution is -1.89. The number of carbonyl (C=O) groups is 1. The Balaban J connectivity index is 2.51. The standard InChI is InChI=1S/C13H10ClNO/c1-9(8-13(14)16)11-7-6-10-4-2-3-5-12(10)15-11/h2-8H,1H3/b9-8-. The average molecular weight is 232 g/mol. The largest absolute Gasteiger partial charge is 0.276 e. The summed E-state index contributed by atoms with van der Waals surface area (Å²) < 4.78 is 0. The summed E-state index contributed by atoms with van der Waals surface area (Å²) in [7, 11) is 0. The van der Waals surface area contributed by atoms with Gasteiger partial charge in [0.15, 0.2) is 0 Å². The number of fused-ring (bicyclic) bond motifs is 1. The summed E-state index contributed by atoms with van der Waals surface area (Å²) in [6.07, 6.45) is 1.37. The highest BCUT2D eigenvalue weighted by Gasteiger charge is 2.01. The van der Waals surface area contributed by atoms with E-state index in [1.54, 1.807) is 0 Å². The van der Waals surface area contributed by atoms with E-state index in [0.29, 0.717) is 0 Å². The molecule has 0 unspecified atom stereocenters. The van der Waals surface area contributed by atoms with Gasteiger partial charge in [0, 0.05) is 11.5 Å². The van der Waals surface area contributed by atoms with E-state index in [-0.39, 0.29) is 0 Å². The molecule has 2 aromatic rings. The maximum Gasteiger partial charge on any atom is 0.245 e. The van der Waals surface area contributed by atoms with Gasteiger partial charge in [-0.2, -0.15) is 0 Å². The van der Waals surface area contributed by atoms with Crippen LogP contribution in [0.2, 0.25) is 0 Å². The Morgan fingerprint density at radius 1 is 1.25 bits per heavy atom. The summed E-state index contributed by atoms with van der Waals surface area (Å²) in [5.41, 5.74) is 2.45. The topological polar surface area (TPSA) is 30.0 Å². The molecule has 0 spiro atoms. The molecule has 0 fully saturated rings. The maximum absolute atomic E-state index is 10.8. The number of rotatable bonds is 2. The lowest BCUT2D eigenvalue weighted by Gasteiger charge is -2.02. The summed E-state index contributed by atoms with van der Waals surface area (Å²) in [6.45, 7) is 1.82. The van der Waals surface area contributed by atoms with Gasteiger partial charge in [0.2, 0.25) is 5.24 Å². The number of aromatic nitrogens is 1. The number of hydrogen-bond donors (Lipinski definition) is 0. The average Bonchev–Trinajstić information content (AvgIpc) is 2.27. The van der Waals surface area contributed by atoms with Gasteiger partial charge in [-0.1, -0.05) is 24.3 Å². The smallest absolute Gasteiger partial charge is 0.245 e. The zero-order valence-electron chi connectivity index (χ0n) is 8.77. The van der Waals surface area contributed by atoms with Crippen LogP contribution in [-0.4, -0.2) is 10.2 Å². The molecule has 0 aliphatic rings. The maximum atomic E-state index is 10.8. The van der Waals surface area contributed by atoms with E-state index < -0.39 is 5.24 Å². The monoisotopic (exact) mass is 231 g/mol. The molecular formula is C13H10ClNO. The number of hydrogen-bond acceptors (Lipinski definition) is 2. The van der Waals surface area contributed by atoms with Crippen molar-refractivity contribution in [3.63, 3.8) is 0 Å². The molecule has 16 heavy (non-hydrogen) atoms.